The molecule has 0 saturated heterocycles. The van der Waals surface area contributed by atoms with Crippen LogP contribution in [0.1, 0.15) is 18.1 Å². The number of ether oxygens (including phenoxy) is 2. The van der Waals surface area contributed by atoms with Crippen molar-refractivity contribution in [3.05, 3.63) is 76.3 Å². The zero-order valence-corrected chi connectivity index (χ0v) is 19.7. The smallest absolute Gasteiger partial charge is 0.339 e. The summed E-state index contributed by atoms with van der Waals surface area (Å²) in [5.41, 5.74) is 2.41. The summed E-state index contributed by atoms with van der Waals surface area (Å²) in [6.45, 7) is 4.41. The Morgan fingerprint density at radius 3 is 2.32 bits per heavy atom. The van der Waals surface area contributed by atoms with Gasteiger partial charge in [-0.2, -0.15) is 8.42 Å². The van der Waals surface area contributed by atoms with Gasteiger partial charge in [-0.15, -0.1) is 0 Å². The van der Waals surface area contributed by atoms with Crippen LogP contribution in [0.25, 0.3) is 0 Å². The SMILES string of the molecule is CCOc1ccc(N=Cc2cc(Br)c(OS(=O)(=O)c3ccc(C)cc3)c(OC)c2)cc1. The Hall–Kier alpha value is -2.84. The molecule has 162 valence electrons. The predicted octanol–water partition coefficient (Wildman–Crippen LogP) is 5.68. The minimum Gasteiger partial charge on any atom is -0.494 e. The lowest BCUT2D eigenvalue weighted by Gasteiger charge is -2.13. The Labute approximate surface area is 190 Å². The Morgan fingerprint density at radius 2 is 1.71 bits per heavy atom. The number of aryl methyl sites for hydroxylation is 1. The van der Waals surface area contributed by atoms with Crippen LogP contribution in [0, 0.1) is 6.92 Å². The van der Waals surface area contributed by atoms with Gasteiger partial charge in [-0.05, 0) is 83.9 Å². The van der Waals surface area contributed by atoms with Crippen molar-refractivity contribution >= 4 is 38.0 Å². The first-order valence-electron chi connectivity index (χ1n) is 9.48. The van der Waals surface area contributed by atoms with E-state index in [9.17, 15) is 8.42 Å². The predicted molar refractivity (Wildman–Crippen MR) is 125 cm³/mol. The van der Waals surface area contributed by atoms with E-state index in [-0.39, 0.29) is 16.4 Å². The molecule has 0 spiro atoms. The lowest BCUT2D eigenvalue weighted by atomic mass is 10.2. The maximum Gasteiger partial charge on any atom is 0.339 e. The number of benzene rings is 3. The molecule has 0 fully saturated rings. The molecular weight excluding hydrogens is 482 g/mol. The van der Waals surface area contributed by atoms with Crippen LogP contribution in [0.4, 0.5) is 5.69 Å². The second-order valence-corrected chi connectivity index (χ2v) is 8.97. The third-order valence-corrected chi connectivity index (χ3v) is 6.09. The van der Waals surface area contributed by atoms with Crippen LogP contribution in [-0.2, 0) is 10.1 Å². The van der Waals surface area contributed by atoms with Crippen LogP contribution >= 0.6 is 15.9 Å². The van der Waals surface area contributed by atoms with Gasteiger partial charge in [0.1, 0.15) is 10.6 Å². The van der Waals surface area contributed by atoms with E-state index in [4.69, 9.17) is 13.7 Å². The standard InChI is InChI=1S/C23H22BrNO5S/c1-4-29-19-9-7-18(8-10-19)25-15-17-13-21(24)23(22(14-17)28-3)30-31(26,27)20-11-5-16(2)6-12-20/h5-15H,4H2,1-3H3. The van der Waals surface area contributed by atoms with E-state index in [1.807, 2.05) is 38.1 Å². The molecule has 3 aromatic rings. The maximum absolute atomic E-state index is 12.7. The molecule has 0 radical (unpaired) electrons. The summed E-state index contributed by atoms with van der Waals surface area (Å²) in [6.07, 6.45) is 1.65. The average molecular weight is 504 g/mol. The molecule has 8 heteroatoms. The second-order valence-electron chi connectivity index (χ2n) is 6.57. The highest BCUT2D eigenvalue weighted by atomic mass is 79.9. The number of halogens is 1. The van der Waals surface area contributed by atoms with Crippen LogP contribution in [0.5, 0.6) is 17.2 Å². The zero-order chi connectivity index (χ0) is 22.4. The summed E-state index contributed by atoms with van der Waals surface area (Å²) in [7, 11) is -2.57. The van der Waals surface area contributed by atoms with Gasteiger partial charge in [0, 0.05) is 6.21 Å². The topological polar surface area (TPSA) is 74.2 Å². The van der Waals surface area contributed by atoms with Crippen LogP contribution in [0.2, 0.25) is 0 Å². The van der Waals surface area contributed by atoms with Crippen molar-refractivity contribution in [3.63, 3.8) is 0 Å². The summed E-state index contributed by atoms with van der Waals surface area (Å²) in [6, 6.07) is 17.2. The third-order valence-electron chi connectivity index (χ3n) is 4.26. The van der Waals surface area contributed by atoms with E-state index in [1.165, 1.54) is 19.2 Å². The minimum absolute atomic E-state index is 0.0631. The number of rotatable bonds is 8. The van der Waals surface area contributed by atoms with Gasteiger partial charge in [-0.1, -0.05) is 17.7 Å². The van der Waals surface area contributed by atoms with E-state index in [0.29, 0.717) is 16.6 Å². The fraction of sp³-hybridized carbons (Fsp3) is 0.174. The fourth-order valence-corrected chi connectivity index (χ4v) is 4.31. The molecule has 3 rings (SSSR count). The minimum atomic E-state index is -4.02. The molecule has 0 aliphatic heterocycles. The number of aliphatic imine (C=N–C) groups is 1. The Balaban J connectivity index is 1.85. The first-order valence-corrected chi connectivity index (χ1v) is 11.7. The van der Waals surface area contributed by atoms with E-state index in [2.05, 4.69) is 20.9 Å². The fourth-order valence-electron chi connectivity index (χ4n) is 2.70. The molecule has 3 aromatic carbocycles. The molecule has 0 aliphatic rings. The van der Waals surface area contributed by atoms with Crippen molar-refractivity contribution < 1.29 is 22.1 Å². The van der Waals surface area contributed by atoms with Gasteiger partial charge >= 0.3 is 10.1 Å². The summed E-state index contributed by atoms with van der Waals surface area (Å²) < 4.78 is 41.9. The van der Waals surface area contributed by atoms with E-state index in [1.54, 1.807) is 30.5 Å². The van der Waals surface area contributed by atoms with Gasteiger partial charge in [0.15, 0.2) is 11.5 Å². The second kappa shape index (κ2) is 9.98. The molecule has 0 bridgehead atoms. The molecule has 0 aliphatic carbocycles. The van der Waals surface area contributed by atoms with Crippen molar-refractivity contribution in [1.29, 1.82) is 0 Å². The van der Waals surface area contributed by atoms with E-state index in [0.717, 1.165) is 17.0 Å². The highest BCUT2D eigenvalue weighted by Crippen LogP contribution is 2.38. The van der Waals surface area contributed by atoms with Crippen molar-refractivity contribution in [3.8, 4) is 17.2 Å². The molecule has 31 heavy (non-hydrogen) atoms. The van der Waals surface area contributed by atoms with Gasteiger partial charge in [0.05, 0.1) is 23.9 Å². The first-order chi connectivity index (χ1) is 14.8. The lowest BCUT2D eigenvalue weighted by molar-refractivity contribution is 0.340. The van der Waals surface area contributed by atoms with Gasteiger partial charge in [0.2, 0.25) is 0 Å². The third kappa shape index (κ3) is 5.86. The Kier molecular flexibility index (Phi) is 7.35. The Morgan fingerprint density at radius 1 is 1.03 bits per heavy atom. The first kappa shape index (κ1) is 22.8. The van der Waals surface area contributed by atoms with Crippen LogP contribution in [0.3, 0.4) is 0 Å². The largest absolute Gasteiger partial charge is 0.494 e. The Bertz CT molecular complexity index is 1170. The quantitative estimate of drug-likeness (QED) is 0.291. The highest BCUT2D eigenvalue weighted by molar-refractivity contribution is 9.10. The zero-order valence-electron chi connectivity index (χ0n) is 17.3. The molecule has 0 unspecified atom stereocenters. The molecule has 6 nitrogen and oxygen atoms in total. The molecule has 0 heterocycles. The molecule has 0 saturated carbocycles. The molecular formula is C23H22BrNO5S. The molecule has 0 N–H and O–H groups in total. The number of hydrogen-bond donors (Lipinski definition) is 0. The molecule has 0 atom stereocenters. The number of nitrogens with zero attached hydrogens (tertiary/aromatic N) is 1. The molecule has 0 aromatic heterocycles. The summed E-state index contributed by atoms with van der Waals surface area (Å²) in [5, 5.41) is 0. The number of methoxy groups -OCH3 is 1. The normalized spacial score (nSPS) is 11.5. The van der Waals surface area contributed by atoms with Crippen molar-refractivity contribution in [2.24, 2.45) is 4.99 Å². The summed E-state index contributed by atoms with van der Waals surface area (Å²) in [5.74, 6) is 1.11. The van der Waals surface area contributed by atoms with E-state index < -0.39 is 10.1 Å². The monoisotopic (exact) mass is 503 g/mol. The molecule has 0 amide bonds. The van der Waals surface area contributed by atoms with Gasteiger partial charge < -0.3 is 13.7 Å². The van der Waals surface area contributed by atoms with Crippen LogP contribution < -0.4 is 13.7 Å². The van der Waals surface area contributed by atoms with Crippen molar-refractivity contribution in [2.45, 2.75) is 18.7 Å². The number of hydrogen-bond acceptors (Lipinski definition) is 6. The summed E-state index contributed by atoms with van der Waals surface area (Å²) in [4.78, 5) is 4.50. The van der Waals surface area contributed by atoms with Crippen molar-refractivity contribution in [1.82, 2.24) is 0 Å². The van der Waals surface area contributed by atoms with Gasteiger partial charge in [-0.25, -0.2) is 0 Å². The van der Waals surface area contributed by atoms with Crippen LogP contribution in [0.15, 0.2) is 75.0 Å². The maximum atomic E-state index is 12.7. The van der Waals surface area contributed by atoms with Crippen LogP contribution in [-0.4, -0.2) is 28.3 Å². The van der Waals surface area contributed by atoms with Crippen molar-refractivity contribution in [2.75, 3.05) is 13.7 Å². The summed E-state index contributed by atoms with van der Waals surface area (Å²) >= 11 is 3.38. The van der Waals surface area contributed by atoms with E-state index >= 15 is 0 Å². The highest BCUT2D eigenvalue weighted by Gasteiger charge is 2.21. The van der Waals surface area contributed by atoms with Gasteiger partial charge in [-0.3, -0.25) is 4.99 Å². The average Bonchev–Trinajstić information content (AvgIpc) is 2.75. The van der Waals surface area contributed by atoms with Gasteiger partial charge in [0.25, 0.3) is 0 Å². The lowest BCUT2D eigenvalue weighted by Crippen LogP contribution is -2.11.